The predicted molar refractivity (Wildman–Crippen MR) is 58.1 cm³/mol. The fourth-order valence-corrected chi connectivity index (χ4v) is 1.66. The molecule has 0 radical (unpaired) electrons. The Labute approximate surface area is 95.4 Å². The number of nitrogens with zero attached hydrogens (tertiary/aromatic N) is 1. The third-order valence-corrected chi connectivity index (χ3v) is 2.97. The minimum atomic E-state index is -0.968. The maximum atomic E-state index is 11.2. The zero-order valence-corrected chi connectivity index (χ0v) is 9.97. The van der Waals surface area contributed by atoms with Gasteiger partial charge in [-0.2, -0.15) is 0 Å². The van der Waals surface area contributed by atoms with E-state index >= 15 is 0 Å². The third-order valence-electron chi connectivity index (χ3n) is 2.97. The molecule has 0 spiro atoms. The molecule has 1 fully saturated rings. The zero-order valence-electron chi connectivity index (χ0n) is 9.97. The summed E-state index contributed by atoms with van der Waals surface area (Å²) in [5.74, 6) is -0.968. The molecule has 92 valence electrons. The normalized spacial score (nSPS) is 17.9. The lowest BCUT2D eigenvalue weighted by molar-refractivity contribution is -0.149. The fraction of sp³-hybridized carbons (Fsp3) is 0.818. The quantitative estimate of drug-likeness (QED) is 0.658. The van der Waals surface area contributed by atoms with Gasteiger partial charge in [-0.25, -0.2) is 4.79 Å². The maximum absolute atomic E-state index is 11.2. The average Bonchev–Trinajstić information content (AvgIpc) is 3.01. The summed E-state index contributed by atoms with van der Waals surface area (Å²) in [5, 5.41) is 9.15. The first kappa shape index (κ1) is 13.0. The Balaban J connectivity index is 2.73. The molecular weight excluding hydrogens is 210 g/mol. The number of amides is 1. The molecule has 1 aliphatic carbocycles. The number of carboxylic acid groups (broad SMARTS) is 1. The summed E-state index contributed by atoms with van der Waals surface area (Å²) in [7, 11) is 1.54. The monoisotopic (exact) mass is 229 g/mol. The van der Waals surface area contributed by atoms with Crippen molar-refractivity contribution in [3.05, 3.63) is 0 Å². The lowest BCUT2D eigenvalue weighted by atomic mass is 9.98. The Morgan fingerprint density at radius 2 is 2.19 bits per heavy atom. The first-order chi connectivity index (χ1) is 7.41. The Kier molecular flexibility index (Phi) is 3.91. The number of aliphatic carboxylic acids is 1. The maximum Gasteiger partial charge on any atom is 0.326 e. The topological polar surface area (TPSA) is 66.8 Å². The van der Waals surface area contributed by atoms with Gasteiger partial charge in [0.25, 0.3) is 0 Å². The molecule has 1 atom stereocenters. The SMILES string of the molecule is COC(C)(C)CC(C(=O)O)N(C=O)C1CC1. The van der Waals surface area contributed by atoms with Gasteiger partial charge in [-0.15, -0.1) is 0 Å². The smallest absolute Gasteiger partial charge is 0.326 e. The molecule has 0 heterocycles. The van der Waals surface area contributed by atoms with Crippen LogP contribution in [0.15, 0.2) is 0 Å². The Morgan fingerprint density at radius 1 is 1.62 bits per heavy atom. The van der Waals surface area contributed by atoms with E-state index in [1.165, 1.54) is 4.90 Å². The third kappa shape index (κ3) is 3.20. The summed E-state index contributed by atoms with van der Waals surface area (Å²) < 4.78 is 5.21. The van der Waals surface area contributed by atoms with Crippen LogP contribution in [0, 0.1) is 0 Å². The van der Waals surface area contributed by atoms with E-state index in [0.29, 0.717) is 12.8 Å². The molecule has 1 N–H and O–H groups in total. The predicted octanol–water partition coefficient (Wildman–Crippen LogP) is 0.875. The van der Waals surface area contributed by atoms with Gasteiger partial charge in [0.05, 0.1) is 5.60 Å². The van der Waals surface area contributed by atoms with Gasteiger partial charge in [0.1, 0.15) is 6.04 Å². The first-order valence-electron chi connectivity index (χ1n) is 5.42. The molecule has 5 nitrogen and oxygen atoms in total. The molecule has 0 saturated heterocycles. The number of rotatable bonds is 7. The highest BCUT2D eigenvalue weighted by Crippen LogP contribution is 2.30. The molecule has 0 aromatic heterocycles. The summed E-state index contributed by atoms with van der Waals surface area (Å²) in [5.41, 5.74) is -0.542. The number of carbonyl (C=O) groups is 2. The summed E-state index contributed by atoms with van der Waals surface area (Å²) in [4.78, 5) is 23.5. The summed E-state index contributed by atoms with van der Waals surface area (Å²) in [6, 6.07) is -0.689. The molecule has 16 heavy (non-hydrogen) atoms. The van der Waals surface area contributed by atoms with Gasteiger partial charge in [-0.1, -0.05) is 0 Å². The molecule has 0 bridgehead atoms. The minimum absolute atomic E-state index is 0.103. The number of carboxylic acids is 1. The Bertz CT molecular complexity index is 273. The molecule has 1 saturated carbocycles. The summed E-state index contributed by atoms with van der Waals surface area (Å²) in [6.07, 6.45) is 2.74. The van der Waals surface area contributed by atoms with E-state index < -0.39 is 17.6 Å². The molecule has 0 aromatic rings. The highest BCUT2D eigenvalue weighted by Gasteiger charge is 2.39. The molecule has 1 unspecified atom stereocenters. The average molecular weight is 229 g/mol. The van der Waals surface area contributed by atoms with Gasteiger partial charge in [0.2, 0.25) is 6.41 Å². The van der Waals surface area contributed by atoms with Crippen LogP contribution in [0.4, 0.5) is 0 Å². The van der Waals surface area contributed by atoms with E-state index in [2.05, 4.69) is 0 Å². The van der Waals surface area contributed by atoms with Crippen LogP contribution in [0.2, 0.25) is 0 Å². The van der Waals surface area contributed by atoms with Crippen molar-refractivity contribution in [1.29, 1.82) is 0 Å². The minimum Gasteiger partial charge on any atom is -0.480 e. The molecule has 1 aliphatic rings. The van der Waals surface area contributed by atoms with Crippen molar-refractivity contribution < 1.29 is 19.4 Å². The van der Waals surface area contributed by atoms with Gasteiger partial charge < -0.3 is 14.7 Å². The lowest BCUT2D eigenvalue weighted by Gasteiger charge is -2.31. The summed E-state index contributed by atoms with van der Waals surface area (Å²) >= 11 is 0. The largest absolute Gasteiger partial charge is 0.480 e. The second-order valence-corrected chi connectivity index (χ2v) is 4.81. The highest BCUT2D eigenvalue weighted by atomic mass is 16.5. The van der Waals surface area contributed by atoms with Crippen LogP contribution in [0.5, 0.6) is 0 Å². The van der Waals surface area contributed by atoms with E-state index in [-0.39, 0.29) is 6.04 Å². The number of carbonyl (C=O) groups excluding carboxylic acids is 1. The molecule has 0 aliphatic heterocycles. The second-order valence-electron chi connectivity index (χ2n) is 4.81. The second kappa shape index (κ2) is 4.82. The van der Waals surface area contributed by atoms with E-state index in [0.717, 1.165) is 12.8 Å². The van der Waals surface area contributed by atoms with Crippen LogP contribution in [0.25, 0.3) is 0 Å². The number of hydrogen-bond acceptors (Lipinski definition) is 3. The van der Waals surface area contributed by atoms with Crippen LogP contribution >= 0.6 is 0 Å². The van der Waals surface area contributed by atoms with E-state index in [1.54, 1.807) is 7.11 Å². The Morgan fingerprint density at radius 3 is 2.50 bits per heavy atom. The van der Waals surface area contributed by atoms with Crippen molar-refractivity contribution in [2.45, 2.75) is 50.8 Å². The van der Waals surface area contributed by atoms with Crippen LogP contribution < -0.4 is 0 Å². The fourth-order valence-electron chi connectivity index (χ4n) is 1.66. The summed E-state index contributed by atoms with van der Waals surface area (Å²) in [6.45, 7) is 3.64. The van der Waals surface area contributed by atoms with Crippen LogP contribution in [0.1, 0.15) is 33.1 Å². The van der Waals surface area contributed by atoms with E-state index in [1.807, 2.05) is 13.8 Å². The lowest BCUT2D eigenvalue weighted by Crippen LogP contribution is -2.46. The van der Waals surface area contributed by atoms with Gasteiger partial charge in [-0.3, -0.25) is 4.79 Å². The highest BCUT2D eigenvalue weighted by molar-refractivity contribution is 5.76. The zero-order chi connectivity index (χ0) is 12.3. The van der Waals surface area contributed by atoms with Gasteiger partial charge in [-0.05, 0) is 26.7 Å². The molecule has 5 heteroatoms. The molecule has 1 rings (SSSR count). The van der Waals surface area contributed by atoms with Gasteiger partial charge >= 0.3 is 5.97 Å². The number of methoxy groups -OCH3 is 1. The standard InChI is InChI=1S/C11H19NO4/c1-11(2,16-3)6-9(10(14)15)12(7-13)8-4-5-8/h7-9H,4-6H2,1-3H3,(H,14,15). The van der Waals surface area contributed by atoms with Crippen molar-refractivity contribution in [3.63, 3.8) is 0 Å². The van der Waals surface area contributed by atoms with E-state index in [4.69, 9.17) is 9.84 Å². The van der Waals surface area contributed by atoms with Crippen molar-refractivity contribution in [2.24, 2.45) is 0 Å². The van der Waals surface area contributed by atoms with Gasteiger partial charge in [0, 0.05) is 19.6 Å². The van der Waals surface area contributed by atoms with Crippen molar-refractivity contribution in [3.8, 4) is 0 Å². The van der Waals surface area contributed by atoms with Crippen LogP contribution in [-0.2, 0) is 14.3 Å². The number of ether oxygens (including phenoxy) is 1. The van der Waals surface area contributed by atoms with E-state index in [9.17, 15) is 9.59 Å². The van der Waals surface area contributed by atoms with Crippen molar-refractivity contribution in [1.82, 2.24) is 4.90 Å². The van der Waals surface area contributed by atoms with Crippen molar-refractivity contribution in [2.75, 3.05) is 7.11 Å². The number of hydrogen-bond donors (Lipinski definition) is 1. The van der Waals surface area contributed by atoms with Crippen LogP contribution in [-0.4, -0.2) is 47.2 Å². The first-order valence-corrected chi connectivity index (χ1v) is 5.42. The Hall–Kier alpha value is -1.10. The van der Waals surface area contributed by atoms with Gasteiger partial charge in [0.15, 0.2) is 0 Å². The van der Waals surface area contributed by atoms with Crippen LogP contribution in [0.3, 0.4) is 0 Å². The van der Waals surface area contributed by atoms with Crippen molar-refractivity contribution >= 4 is 12.4 Å². The molecular formula is C11H19NO4. The molecule has 0 aromatic carbocycles. The molecule has 1 amide bonds.